The highest BCUT2D eigenvalue weighted by molar-refractivity contribution is 6.12. The molecule has 0 spiro atoms. The van der Waals surface area contributed by atoms with Gasteiger partial charge in [-0.05, 0) is 48.7 Å². The number of ether oxygens (including phenoxy) is 2. The maximum atomic E-state index is 13.1. The van der Waals surface area contributed by atoms with Gasteiger partial charge in [-0.2, -0.15) is 0 Å². The molecule has 3 aromatic rings. The van der Waals surface area contributed by atoms with Gasteiger partial charge in [-0.25, -0.2) is 0 Å². The lowest BCUT2D eigenvalue weighted by Crippen LogP contribution is -2.27. The Hall–Kier alpha value is -3.34. The van der Waals surface area contributed by atoms with E-state index in [4.69, 9.17) is 9.47 Å². The van der Waals surface area contributed by atoms with E-state index in [1.54, 1.807) is 20.4 Å². The number of rotatable bonds is 3. The quantitative estimate of drug-likeness (QED) is 0.692. The van der Waals surface area contributed by atoms with Crippen molar-refractivity contribution in [1.29, 1.82) is 0 Å². The number of pyridine rings is 1. The van der Waals surface area contributed by atoms with Crippen LogP contribution in [0.4, 0.5) is 5.69 Å². The summed E-state index contributed by atoms with van der Waals surface area (Å²) >= 11 is 0. The Morgan fingerprint density at radius 1 is 1.07 bits per heavy atom. The fourth-order valence-electron chi connectivity index (χ4n) is 4.57. The number of carbonyl (C=O) groups is 1. The first kappa shape index (κ1) is 17.7. The van der Waals surface area contributed by atoms with Gasteiger partial charge in [0.15, 0.2) is 5.78 Å². The first-order valence-corrected chi connectivity index (χ1v) is 9.84. The summed E-state index contributed by atoms with van der Waals surface area (Å²) in [6.07, 6.45) is 4.14. The molecule has 0 unspecified atom stereocenters. The molecular weight excluding hydrogens is 364 g/mol. The third-order valence-corrected chi connectivity index (χ3v) is 5.88. The molecule has 1 atom stereocenters. The molecule has 5 nitrogen and oxygen atoms in total. The van der Waals surface area contributed by atoms with Gasteiger partial charge in [-0.3, -0.25) is 9.78 Å². The van der Waals surface area contributed by atoms with Gasteiger partial charge in [0.25, 0.3) is 0 Å². The summed E-state index contributed by atoms with van der Waals surface area (Å²) < 4.78 is 11.0. The summed E-state index contributed by atoms with van der Waals surface area (Å²) in [5, 5.41) is 4.70. The molecule has 0 radical (unpaired) electrons. The molecule has 5 rings (SSSR count). The van der Waals surface area contributed by atoms with Gasteiger partial charge in [0.1, 0.15) is 11.5 Å². The number of benzene rings is 2. The number of ketones is 1. The molecule has 2 heterocycles. The minimum atomic E-state index is -0.250. The fraction of sp³-hybridized carbons (Fsp3) is 0.250. The van der Waals surface area contributed by atoms with Crippen LogP contribution in [0.3, 0.4) is 0 Å². The van der Waals surface area contributed by atoms with Crippen molar-refractivity contribution in [2.24, 2.45) is 0 Å². The van der Waals surface area contributed by atoms with Crippen LogP contribution in [-0.2, 0) is 4.79 Å². The van der Waals surface area contributed by atoms with Crippen LogP contribution in [0.15, 0.2) is 54.2 Å². The van der Waals surface area contributed by atoms with E-state index >= 15 is 0 Å². The van der Waals surface area contributed by atoms with Gasteiger partial charge in [-0.15, -0.1) is 0 Å². The summed E-state index contributed by atoms with van der Waals surface area (Å²) in [6, 6.07) is 13.6. The second kappa shape index (κ2) is 6.92. The Balaban J connectivity index is 1.76. The maximum absolute atomic E-state index is 13.1. The minimum Gasteiger partial charge on any atom is -0.497 e. The number of methoxy groups -OCH3 is 2. The highest BCUT2D eigenvalue weighted by Gasteiger charge is 2.36. The van der Waals surface area contributed by atoms with Gasteiger partial charge in [0.05, 0.1) is 25.8 Å². The number of allylic oxidation sites excluding steroid dienone is 1. The highest BCUT2D eigenvalue weighted by atomic mass is 16.5. The van der Waals surface area contributed by atoms with Crippen LogP contribution in [0.1, 0.15) is 36.4 Å². The zero-order chi connectivity index (χ0) is 20.0. The van der Waals surface area contributed by atoms with Crippen LogP contribution < -0.4 is 14.8 Å². The average molecular weight is 386 g/mol. The van der Waals surface area contributed by atoms with Crippen molar-refractivity contribution >= 4 is 27.9 Å². The number of hydrogen-bond donors (Lipinski definition) is 1. The second-order valence-corrected chi connectivity index (χ2v) is 7.41. The Kier molecular flexibility index (Phi) is 4.23. The molecule has 1 aliphatic heterocycles. The number of Topliss-reactive ketones (excluding diaryl/α,β-unsaturated/α-hetero) is 1. The van der Waals surface area contributed by atoms with E-state index in [0.29, 0.717) is 12.2 Å². The SMILES string of the molecule is COc1ccc([C@@H]2Nc3ccc4ncccc4c3C3=C2C(=O)CCC3)c(OC)c1. The topological polar surface area (TPSA) is 60.5 Å². The van der Waals surface area contributed by atoms with E-state index in [2.05, 4.69) is 22.4 Å². The standard InChI is InChI=1S/C24H22N2O3/c1-28-14-8-9-16(21(13-14)29-2)24-23-17(5-3-7-20(23)27)22-15-6-4-12-25-18(15)10-11-19(22)26-24/h4,6,8-13,24,26H,3,5,7H2,1-2H3/t24-/m0/s1. The van der Waals surface area contributed by atoms with Gasteiger partial charge >= 0.3 is 0 Å². The van der Waals surface area contributed by atoms with Crippen molar-refractivity contribution in [3.8, 4) is 11.5 Å². The van der Waals surface area contributed by atoms with Crippen molar-refractivity contribution in [2.45, 2.75) is 25.3 Å². The summed E-state index contributed by atoms with van der Waals surface area (Å²) in [5.41, 5.74) is 6.01. The van der Waals surface area contributed by atoms with Crippen LogP contribution in [0, 0.1) is 0 Å². The first-order valence-electron chi connectivity index (χ1n) is 9.84. The molecule has 1 aliphatic carbocycles. The molecule has 2 aliphatic rings. The summed E-state index contributed by atoms with van der Waals surface area (Å²) in [5.74, 6) is 1.63. The molecule has 0 saturated carbocycles. The number of fused-ring (bicyclic) bond motifs is 4. The second-order valence-electron chi connectivity index (χ2n) is 7.41. The van der Waals surface area contributed by atoms with Gasteiger partial charge in [0, 0.05) is 46.5 Å². The van der Waals surface area contributed by atoms with E-state index in [-0.39, 0.29) is 11.8 Å². The molecule has 146 valence electrons. The molecule has 29 heavy (non-hydrogen) atoms. The van der Waals surface area contributed by atoms with Crippen LogP contribution in [0.5, 0.6) is 11.5 Å². The summed E-state index contributed by atoms with van der Waals surface area (Å²) in [7, 11) is 3.28. The third-order valence-electron chi connectivity index (χ3n) is 5.88. The highest BCUT2D eigenvalue weighted by Crippen LogP contribution is 2.49. The van der Waals surface area contributed by atoms with Crippen LogP contribution in [-0.4, -0.2) is 25.0 Å². The van der Waals surface area contributed by atoms with Crippen molar-refractivity contribution in [3.05, 3.63) is 65.4 Å². The maximum Gasteiger partial charge on any atom is 0.161 e. The number of aromatic nitrogens is 1. The van der Waals surface area contributed by atoms with Crippen LogP contribution in [0.2, 0.25) is 0 Å². The fourth-order valence-corrected chi connectivity index (χ4v) is 4.57. The normalized spacial score (nSPS) is 18.1. The smallest absolute Gasteiger partial charge is 0.161 e. The number of nitrogens with one attached hydrogen (secondary N) is 1. The van der Waals surface area contributed by atoms with Crippen molar-refractivity contribution in [2.75, 3.05) is 19.5 Å². The lowest BCUT2D eigenvalue weighted by atomic mass is 9.77. The molecule has 0 fully saturated rings. The average Bonchev–Trinajstić information content (AvgIpc) is 2.77. The zero-order valence-corrected chi connectivity index (χ0v) is 16.5. The van der Waals surface area contributed by atoms with Gasteiger partial charge in [0.2, 0.25) is 0 Å². The van der Waals surface area contributed by atoms with E-state index in [9.17, 15) is 4.79 Å². The van der Waals surface area contributed by atoms with Crippen molar-refractivity contribution in [1.82, 2.24) is 4.98 Å². The van der Waals surface area contributed by atoms with Crippen molar-refractivity contribution in [3.63, 3.8) is 0 Å². The monoisotopic (exact) mass is 386 g/mol. The summed E-state index contributed by atoms with van der Waals surface area (Å²) in [4.78, 5) is 17.6. The van der Waals surface area contributed by atoms with Crippen LogP contribution in [0.25, 0.3) is 16.5 Å². The molecular formula is C24H22N2O3. The Bertz CT molecular complexity index is 1170. The number of hydrogen-bond acceptors (Lipinski definition) is 5. The predicted molar refractivity (Wildman–Crippen MR) is 113 cm³/mol. The Morgan fingerprint density at radius 3 is 2.79 bits per heavy atom. The molecule has 1 N–H and O–H groups in total. The lowest BCUT2D eigenvalue weighted by Gasteiger charge is -2.35. The third kappa shape index (κ3) is 2.77. The Labute approximate surface area is 169 Å². The van der Waals surface area contributed by atoms with Gasteiger partial charge in [-0.1, -0.05) is 6.07 Å². The summed E-state index contributed by atoms with van der Waals surface area (Å²) in [6.45, 7) is 0. The molecule has 1 aromatic heterocycles. The van der Waals surface area contributed by atoms with Crippen LogP contribution >= 0.6 is 0 Å². The van der Waals surface area contributed by atoms with E-state index in [0.717, 1.165) is 57.5 Å². The number of carbonyl (C=O) groups excluding carboxylic acids is 1. The molecule has 5 heteroatoms. The van der Waals surface area contributed by atoms with Crippen molar-refractivity contribution < 1.29 is 14.3 Å². The largest absolute Gasteiger partial charge is 0.497 e. The van der Waals surface area contributed by atoms with E-state index in [1.165, 1.54) is 0 Å². The van der Waals surface area contributed by atoms with E-state index < -0.39 is 0 Å². The molecule has 0 amide bonds. The minimum absolute atomic E-state index is 0.202. The number of anilines is 1. The lowest BCUT2D eigenvalue weighted by molar-refractivity contribution is -0.116. The molecule has 0 saturated heterocycles. The Morgan fingerprint density at radius 2 is 1.97 bits per heavy atom. The van der Waals surface area contributed by atoms with Gasteiger partial charge < -0.3 is 14.8 Å². The first-order chi connectivity index (χ1) is 14.2. The predicted octanol–water partition coefficient (Wildman–Crippen LogP) is 4.93. The number of nitrogens with zero attached hydrogens (tertiary/aromatic N) is 1. The molecule has 2 aromatic carbocycles. The zero-order valence-electron chi connectivity index (χ0n) is 16.5. The van der Waals surface area contributed by atoms with E-state index in [1.807, 2.05) is 30.3 Å². The molecule has 0 bridgehead atoms.